The number of aromatic hydroxyl groups is 2. The number of carbonyl (C=O) groups excluding carboxylic acids is 2. The molecule has 0 heterocycles. The van der Waals surface area contributed by atoms with Gasteiger partial charge >= 0.3 is 11.9 Å². The molecule has 1 aromatic carbocycles. The second kappa shape index (κ2) is 7.13. The van der Waals surface area contributed by atoms with Gasteiger partial charge in [0.2, 0.25) is 0 Å². The van der Waals surface area contributed by atoms with Gasteiger partial charge in [-0.05, 0) is 18.6 Å². The summed E-state index contributed by atoms with van der Waals surface area (Å²) in [7, 11) is 1.17. The molecule has 0 aromatic heterocycles. The molecule has 0 aliphatic heterocycles. The van der Waals surface area contributed by atoms with Gasteiger partial charge in [0.15, 0.2) is 11.5 Å². The third-order valence-electron chi connectivity index (χ3n) is 2.73. The van der Waals surface area contributed by atoms with Crippen molar-refractivity contribution >= 4 is 17.8 Å². The van der Waals surface area contributed by atoms with Crippen molar-refractivity contribution in [2.45, 2.75) is 18.9 Å². The van der Waals surface area contributed by atoms with Gasteiger partial charge in [-0.1, -0.05) is 6.07 Å². The minimum atomic E-state index is -1.33. The van der Waals surface area contributed by atoms with Gasteiger partial charge in [0.05, 0.1) is 12.7 Å². The summed E-state index contributed by atoms with van der Waals surface area (Å²) < 4.78 is 4.39. The Morgan fingerprint density at radius 3 is 2.52 bits per heavy atom. The average Bonchev–Trinajstić information content (AvgIpc) is 2.45. The number of hydrogen-bond acceptors (Lipinski definition) is 6. The summed E-state index contributed by atoms with van der Waals surface area (Å²) in [5, 5.41) is 30.0. The molecule has 0 bridgehead atoms. The van der Waals surface area contributed by atoms with Crippen LogP contribution < -0.4 is 5.32 Å². The number of nitrogens with one attached hydrogen (secondary N) is 1. The maximum absolute atomic E-state index is 11.9. The summed E-state index contributed by atoms with van der Waals surface area (Å²) in [6, 6.07) is 2.41. The van der Waals surface area contributed by atoms with E-state index in [9.17, 15) is 24.6 Å². The summed E-state index contributed by atoms with van der Waals surface area (Å²) in [6.07, 6.45) is -0.340. The van der Waals surface area contributed by atoms with Crippen LogP contribution in [0, 0.1) is 0 Å². The normalized spacial score (nSPS) is 11.5. The van der Waals surface area contributed by atoms with E-state index in [1.807, 2.05) is 0 Å². The molecule has 1 atom stereocenters. The number of benzene rings is 1. The Hall–Kier alpha value is -2.77. The molecule has 0 saturated heterocycles. The van der Waals surface area contributed by atoms with Crippen LogP contribution in [0.4, 0.5) is 0 Å². The lowest BCUT2D eigenvalue weighted by molar-refractivity contribution is -0.142. The Morgan fingerprint density at radius 1 is 1.29 bits per heavy atom. The number of carboxylic acids is 1. The number of esters is 1. The first-order chi connectivity index (χ1) is 9.86. The number of ether oxygens (including phenoxy) is 1. The predicted molar refractivity (Wildman–Crippen MR) is 69.9 cm³/mol. The van der Waals surface area contributed by atoms with Gasteiger partial charge in [-0.2, -0.15) is 0 Å². The zero-order chi connectivity index (χ0) is 16.0. The van der Waals surface area contributed by atoms with E-state index >= 15 is 0 Å². The first kappa shape index (κ1) is 16.3. The van der Waals surface area contributed by atoms with E-state index in [0.29, 0.717) is 0 Å². The molecule has 8 nitrogen and oxygen atoms in total. The van der Waals surface area contributed by atoms with Crippen molar-refractivity contribution in [3.8, 4) is 11.5 Å². The molecule has 21 heavy (non-hydrogen) atoms. The molecule has 114 valence electrons. The number of phenols is 2. The van der Waals surface area contributed by atoms with Gasteiger partial charge in [0, 0.05) is 6.42 Å². The van der Waals surface area contributed by atoms with E-state index in [2.05, 4.69) is 10.1 Å². The van der Waals surface area contributed by atoms with Gasteiger partial charge in [-0.3, -0.25) is 9.59 Å². The fraction of sp³-hybridized carbons (Fsp3) is 0.308. The van der Waals surface area contributed by atoms with Crippen molar-refractivity contribution in [1.29, 1.82) is 0 Å². The van der Waals surface area contributed by atoms with Crippen molar-refractivity contribution in [3.05, 3.63) is 23.8 Å². The molecule has 0 unspecified atom stereocenters. The number of phenolic OH excluding ortho intramolecular Hbond substituents is 2. The third kappa shape index (κ3) is 4.37. The smallest absolute Gasteiger partial charge is 0.326 e. The second-order valence-electron chi connectivity index (χ2n) is 4.15. The average molecular weight is 297 g/mol. The van der Waals surface area contributed by atoms with Crippen molar-refractivity contribution in [2.24, 2.45) is 0 Å². The minimum Gasteiger partial charge on any atom is -0.504 e. The predicted octanol–water partition coefficient (Wildman–Crippen LogP) is 0.234. The number of carboxylic acid groups (broad SMARTS) is 1. The Bertz CT molecular complexity index is 555. The minimum absolute atomic E-state index is 0.159. The van der Waals surface area contributed by atoms with E-state index in [-0.39, 0.29) is 18.4 Å². The highest BCUT2D eigenvalue weighted by Crippen LogP contribution is 2.28. The number of aliphatic carboxylic acids is 1. The maximum atomic E-state index is 11.9. The standard InChI is InChI=1S/C13H15NO7/c1-21-10(16)6-5-8(13(19)20)14-12(18)7-3-2-4-9(15)11(7)17/h2-4,8,15,17H,5-6H2,1H3,(H,14,18)(H,19,20)/t8-/m1/s1. The van der Waals surface area contributed by atoms with Crippen LogP contribution in [0.5, 0.6) is 11.5 Å². The van der Waals surface area contributed by atoms with Gasteiger partial charge in [0.25, 0.3) is 5.91 Å². The van der Waals surface area contributed by atoms with Crippen molar-refractivity contribution in [1.82, 2.24) is 5.32 Å². The number of para-hydroxylation sites is 1. The van der Waals surface area contributed by atoms with E-state index in [0.717, 1.165) is 0 Å². The molecular weight excluding hydrogens is 282 g/mol. The van der Waals surface area contributed by atoms with Gasteiger partial charge in [0.1, 0.15) is 6.04 Å². The molecule has 0 aliphatic rings. The Labute approximate surface area is 120 Å². The lowest BCUT2D eigenvalue weighted by atomic mass is 10.1. The number of rotatable bonds is 6. The van der Waals surface area contributed by atoms with Crippen LogP contribution in [-0.2, 0) is 14.3 Å². The number of hydrogen-bond donors (Lipinski definition) is 4. The molecule has 0 spiro atoms. The molecule has 4 N–H and O–H groups in total. The summed E-state index contributed by atoms with van der Waals surface area (Å²) in [6.45, 7) is 0. The Morgan fingerprint density at radius 2 is 1.95 bits per heavy atom. The summed E-state index contributed by atoms with van der Waals surface area (Å²) >= 11 is 0. The fourth-order valence-corrected chi connectivity index (χ4v) is 1.57. The van der Waals surface area contributed by atoms with Crippen molar-refractivity contribution in [3.63, 3.8) is 0 Å². The lowest BCUT2D eigenvalue weighted by Gasteiger charge is -2.14. The highest BCUT2D eigenvalue weighted by Gasteiger charge is 2.23. The van der Waals surface area contributed by atoms with Crippen molar-refractivity contribution < 1.29 is 34.4 Å². The zero-order valence-electron chi connectivity index (χ0n) is 11.2. The van der Waals surface area contributed by atoms with E-state index in [1.54, 1.807) is 0 Å². The SMILES string of the molecule is COC(=O)CC[C@@H](NC(=O)c1cccc(O)c1O)C(=O)O. The molecule has 0 fully saturated rings. The topological polar surface area (TPSA) is 133 Å². The van der Waals surface area contributed by atoms with Crippen LogP contribution in [0.15, 0.2) is 18.2 Å². The molecular formula is C13H15NO7. The van der Waals surface area contributed by atoms with Crippen LogP contribution in [0.1, 0.15) is 23.2 Å². The monoisotopic (exact) mass is 297 g/mol. The lowest BCUT2D eigenvalue weighted by Crippen LogP contribution is -2.41. The quantitative estimate of drug-likeness (QED) is 0.436. The maximum Gasteiger partial charge on any atom is 0.326 e. The van der Waals surface area contributed by atoms with Crippen molar-refractivity contribution in [2.75, 3.05) is 7.11 Å². The van der Waals surface area contributed by atoms with Gasteiger partial charge in [-0.25, -0.2) is 4.79 Å². The molecule has 0 aliphatic carbocycles. The molecule has 1 rings (SSSR count). The largest absolute Gasteiger partial charge is 0.504 e. The highest BCUT2D eigenvalue weighted by molar-refractivity contribution is 5.99. The molecule has 1 amide bonds. The van der Waals surface area contributed by atoms with Crippen LogP contribution in [0.3, 0.4) is 0 Å². The van der Waals surface area contributed by atoms with Gasteiger partial charge in [-0.15, -0.1) is 0 Å². The number of amides is 1. The fourth-order valence-electron chi connectivity index (χ4n) is 1.57. The molecule has 8 heteroatoms. The van der Waals surface area contributed by atoms with E-state index in [4.69, 9.17) is 5.11 Å². The van der Waals surface area contributed by atoms with Crippen LogP contribution in [-0.4, -0.2) is 46.3 Å². The van der Waals surface area contributed by atoms with Crippen LogP contribution in [0.25, 0.3) is 0 Å². The Balaban J connectivity index is 2.79. The second-order valence-corrected chi connectivity index (χ2v) is 4.15. The van der Waals surface area contributed by atoms with E-state index < -0.39 is 35.4 Å². The number of methoxy groups -OCH3 is 1. The van der Waals surface area contributed by atoms with Crippen LogP contribution in [0.2, 0.25) is 0 Å². The molecule has 0 saturated carbocycles. The first-order valence-electron chi connectivity index (χ1n) is 5.98. The molecule has 1 aromatic rings. The summed E-state index contributed by atoms with van der Waals surface area (Å²) in [5.74, 6) is -3.94. The summed E-state index contributed by atoms with van der Waals surface area (Å²) in [5.41, 5.74) is -0.265. The molecule has 0 radical (unpaired) electrons. The summed E-state index contributed by atoms with van der Waals surface area (Å²) in [4.78, 5) is 33.9. The highest BCUT2D eigenvalue weighted by atomic mass is 16.5. The van der Waals surface area contributed by atoms with Gasteiger partial charge < -0.3 is 25.4 Å². The zero-order valence-corrected chi connectivity index (χ0v) is 11.2. The van der Waals surface area contributed by atoms with E-state index in [1.165, 1.54) is 25.3 Å². The first-order valence-corrected chi connectivity index (χ1v) is 5.98. The van der Waals surface area contributed by atoms with Crippen LogP contribution >= 0.6 is 0 Å². The Kier molecular flexibility index (Phi) is 5.53. The number of carbonyl (C=O) groups is 3. The third-order valence-corrected chi connectivity index (χ3v) is 2.73.